The lowest BCUT2D eigenvalue weighted by Crippen LogP contribution is -2.26. The van der Waals surface area contributed by atoms with Crippen LogP contribution in [-0.4, -0.2) is 48.1 Å². The van der Waals surface area contributed by atoms with Gasteiger partial charge in [-0.05, 0) is 54.4 Å². The van der Waals surface area contributed by atoms with Gasteiger partial charge in [-0.3, -0.25) is 9.59 Å². The summed E-state index contributed by atoms with van der Waals surface area (Å²) in [5.74, 6) is -0.402. The Hall–Kier alpha value is -1.14. The fourth-order valence-corrected chi connectivity index (χ4v) is 1.22. The van der Waals surface area contributed by atoms with Crippen molar-refractivity contribution in [2.45, 2.75) is 74.3 Å². The number of carbonyl (C=O) groups excluding carboxylic acids is 2. The van der Waals surface area contributed by atoms with Crippen LogP contribution in [0.1, 0.15) is 68.2 Å². The highest BCUT2D eigenvalue weighted by atomic mass is 16.5. The summed E-state index contributed by atoms with van der Waals surface area (Å²) in [4.78, 5) is 22.4. The molecule has 0 aliphatic carbocycles. The van der Waals surface area contributed by atoms with E-state index < -0.39 is 16.9 Å². The fourth-order valence-electron chi connectivity index (χ4n) is 1.22. The van der Waals surface area contributed by atoms with Crippen LogP contribution in [0.4, 0.5) is 0 Å². The normalized spacial score (nSPS) is 14.0. The number of aliphatic hydroxyl groups is 2. The van der Waals surface area contributed by atoms with Crippen molar-refractivity contribution < 1.29 is 29.3 Å². The predicted molar refractivity (Wildman–Crippen MR) is 98.0 cm³/mol. The summed E-state index contributed by atoms with van der Waals surface area (Å²) in [6, 6.07) is 0. The molecule has 0 aromatic heterocycles. The van der Waals surface area contributed by atoms with Crippen molar-refractivity contribution in [2.75, 3.05) is 19.8 Å². The standard InChI is InChI=1S/C10H20O3.C9H18O3/c1-5-8(6-11)7-13-9(12)10(2,3)4;1-5-7(10)6-12-8(11)9(2,3)4/h8,11H,5-7H2,1-4H3;7,10H,5-6H2,1-4H3. The van der Waals surface area contributed by atoms with Crippen LogP contribution in [0.25, 0.3) is 0 Å². The number of ether oxygens (including phenoxy) is 2. The zero-order valence-corrected chi connectivity index (χ0v) is 17.2. The smallest absolute Gasteiger partial charge is 0.311 e. The summed E-state index contributed by atoms with van der Waals surface area (Å²) in [5.41, 5.74) is -0.929. The number of hydrogen-bond acceptors (Lipinski definition) is 6. The Labute approximate surface area is 152 Å². The van der Waals surface area contributed by atoms with Gasteiger partial charge in [0.15, 0.2) is 0 Å². The van der Waals surface area contributed by atoms with Gasteiger partial charge in [0.2, 0.25) is 0 Å². The molecule has 0 radical (unpaired) electrons. The first-order valence-electron chi connectivity index (χ1n) is 8.92. The van der Waals surface area contributed by atoms with Gasteiger partial charge in [-0.25, -0.2) is 0 Å². The molecule has 2 unspecified atom stereocenters. The summed E-state index contributed by atoms with van der Waals surface area (Å²) in [7, 11) is 0. The molecule has 25 heavy (non-hydrogen) atoms. The van der Waals surface area contributed by atoms with Gasteiger partial charge < -0.3 is 19.7 Å². The monoisotopic (exact) mass is 362 g/mol. The largest absolute Gasteiger partial charge is 0.465 e. The predicted octanol–water partition coefficient (Wildman–Crippen LogP) is 2.94. The second kappa shape index (κ2) is 12.3. The molecule has 0 aromatic rings. The molecular weight excluding hydrogens is 324 g/mol. The molecular formula is C19H38O6. The van der Waals surface area contributed by atoms with Crippen molar-refractivity contribution in [1.82, 2.24) is 0 Å². The molecule has 6 heteroatoms. The molecule has 0 aliphatic rings. The van der Waals surface area contributed by atoms with Crippen LogP contribution < -0.4 is 0 Å². The molecule has 2 N–H and O–H groups in total. The van der Waals surface area contributed by atoms with Gasteiger partial charge in [-0.2, -0.15) is 0 Å². The van der Waals surface area contributed by atoms with Crippen molar-refractivity contribution in [3.8, 4) is 0 Å². The van der Waals surface area contributed by atoms with Gasteiger partial charge in [-0.15, -0.1) is 0 Å². The average molecular weight is 363 g/mol. The lowest BCUT2D eigenvalue weighted by atomic mass is 9.97. The fraction of sp³-hybridized carbons (Fsp3) is 0.895. The minimum Gasteiger partial charge on any atom is -0.465 e. The Morgan fingerprint density at radius 3 is 1.52 bits per heavy atom. The maximum absolute atomic E-state index is 11.3. The molecule has 0 saturated carbocycles. The molecule has 2 atom stereocenters. The Morgan fingerprint density at radius 2 is 1.24 bits per heavy atom. The van der Waals surface area contributed by atoms with E-state index in [4.69, 9.17) is 19.7 Å². The Balaban J connectivity index is 0. The molecule has 0 bridgehead atoms. The van der Waals surface area contributed by atoms with Gasteiger partial charge in [0.05, 0.1) is 23.5 Å². The SMILES string of the molecule is CCC(CO)COC(=O)C(C)(C)C.CCC(O)COC(=O)C(C)(C)C. The van der Waals surface area contributed by atoms with Crippen LogP contribution in [0.3, 0.4) is 0 Å². The van der Waals surface area contributed by atoms with Crippen LogP contribution in [0.5, 0.6) is 0 Å². The van der Waals surface area contributed by atoms with Crippen molar-refractivity contribution in [1.29, 1.82) is 0 Å². The van der Waals surface area contributed by atoms with Crippen molar-refractivity contribution >= 4 is 11.9 Å². The van der Waals surface area contributed by atoms with Gasteiger partial charge in [0.1, 0.15) is 6.61 Å². The zero-order chi connectivity index (χ0) is 20.3. The summed E-state index contributed by atoms with van der Waals surface area (Å²) >= 11 is 0. The lowest BCUT2D eigenvalue weighted by molar-refractivity contribution is -0.156. The van der Waals surface area contributed by atoms with E-state index in [1.165, 1.54) is 0 Å². The maximum atomic E-state index is 11.3. The molecule has 6 nitrogen and oxygen atoms in total. The Morgan fingerprint density at radius 1 is 0.840 bits per heavy atom. The highest BCUT2D eigenvalue weighted by Gasteiger charge is 2.24. The topological polar surface area (TPSA) is 93.1 Å². The molecule has 0 rings (SSSR count). The number of esters is 2. The van der Waals surface area contributed by atoms with Crippen LogP contribution in [-0.2, 0) is 19.1 Å². The van der Waals surface area contributed by atoms with E-state index in [0.29, 0.717) is 13.0 Å². The lowest BCUT2D eigenvalue weighted by Gasteiger charge is -2.19. The number of carbonyl (C=O) groups is 2. The molecule has 0 saturated heterocycles. The van der Waals surface area contributed by atoms with Crippen LogP contribution in [0.15, 0.2) is 0 Å². The second-order valence-electron chi connectivity index (χ2n) is 8.22. The van der Waals surface area contributed by atoms with Gasteiger partial charge in [0, 0.05) is 12.5 Å². The zero-order valence-electron chi connectivity index (χ0n) is 17.2. The maximum Gasteiger partial charge on any atom is 0.311 e. The average Bonchev–Trinajstić information content (AvgIpc) is 2.51. The molecule has 0 heterocycles. The van der Waals surface area contributed by atoms with Crippen molar-refractivity contribution in [3.63, 3.8) is 0 Å². The number of aliphatic hydroxyl groups excluding tert-OH is 2. The molecule has 0 aromatic carbocycles. The minimum atomic E-state index is -0.531. The first-order chi connectivity index (χ1) is 11.3. The summed E-state index contributed by atoms with van der Waals surface area (Å²) < 4.78 is 9.92. The Bertz CT molecular complexity index is 374. The molecule has 0 spiro atoms. The van der Waals surface area contributed by atoms with E-state index >= 15 is 0 Å². The van der Waals surface area contributed by atoms with Crippen molar-refractivity contribution in [3.05, 3.63) is 0 Å². The van der Waals surface area contributed by atoms with Crippen molar-refractivity contribution in [2.24, 2.45) is 16.7 Å². The third-order valence-corrected chi connectivity index (χ3v) is 3.39. The third-order valence-electron chi connectivity index (χ3n) is 3.39. The van der Waals surface area contributed by atoms with Crippen LogP contribution in [0, 0.1) is 16.7 Å². The van der Waals surface area contributed by atoms with E-state index in [1.807, 2.05) is 34.6 Å². The van der Waals surface area contributed by atoms with E-state index in [9.17, 15) is 9.59 Å². The van der Waals surface area contributed by atoms with E-state index in [0.717, 1.165) is 6.42 Å². The van der Waals surface area contributed by atoms with Gasteiger partial charge in [-0.1, -0.05) is 13.8 Å². The summed E-state index contributed by atoms with van der Waals surface area (Å²) in [6.45, 7) is 15.1. The number of hydrogen-bond donors (Lipinski definition) is 2. The molecule has 0 aliphatic heterocycles. The first-order valence-corrected chi connectivity index (χ1v) is 8.92. The van der Waals surface area contributed by atoms with E-state index in [1.54, 1.807) is 20.8 Å². The van der Waals surface area contributed by atoms with Crippen LogP contribution >= 0.6 is 0 Å². The molecule has 0 amide bonds. The van der Waals surface area contributed by atoms with E-state index in [-0.39, 0.29) is 31.1 Å². The van der Waals surface area contributed by atoms with Gasteiger partial charge in [0.25, 0.3) is 0 Å². The summed E-state index contributed by atoms with van der Waals surface area (Å²) in [5, 5.41) is 17.9. The van der Waals surface area contributed by atoms with E-state index in [2.05, 4.69) is 0 Å². The van der Waals surface area contributed by atoms with Gasteiger partial charge >= 0.3 is 11.9 Å². The molecule has 150 valence electrons. The Kier molecular flexibility index (Phi) is 12.8. The second-order valence-corrected chi connectivity index (χ2v) is 8.22. The third kappa shape index (κ3) is 13.8. The molecule has 0 fully saturated rings. The van der Waals surface area contributed by atoms with Crippen LogP contribution in [0.2, 0.25) is 0 Å². The number of rotatable bonds is 7. The minimum absolute atomic E-state index is 0.0753. The highest BCUT2D eigenvalue weighted by molar-refractivity contribution is 5.75. The summed E-state index contributed by atoms with van der Waals surface area (Å²) in [6.07, 6.45) is 0.905. The first kappa shape index (κ1) is 26.1. The highest BCUT2D eigenvalue weighted by Crippen LogP contribution is 2.16. The quantitative estimate of drug-likeness (QED) is 0.676.